The second-order valence-electron chi connectivity index (χ2n) is 7.27. The molecule has 0 unspecified atom stereocenters. The van der Waals surface area contributed by atoms with Gasteiger partial charge in [-0.2, -0.15) is 0 Å². The fourth-order valence-electron chi connectivity index (χ4n) is 4.00. The molecule has 0 atom stereocenters. The summed E-state index contributed by atoms with van der Waals surface area (Å²) in [6.07, 6.45) is 1.68. The highest BCUT2D eigenvalue weighted by Gasteiger charge is 2.21. The van der Waals surface area contributed by atoms with Crippen LogP contribution in [0.2, 0.25) is 0 Å². The van der Waals surface area contributed by atoms with Crippen LogP contribution in [-0.2, 0) is 0 Å². The van der Waals surface area contributed by atoms with Gasteiger partial charge in [0.15, 0.2) is 5.82 Å². The van der Waals surface area contributed by atoms with Crippen molar-refractivity contribution >= 4 is 33.4 Å². The number of nitrogens with one attached hydrogen (secondary N) is 1. The lowest BCUT2D eigenvalue weighted by molar-refractivity contribution is 0.415. The van der Waals surface area contributed by atoms with E-state index in [0.29, 0.717) is 0 Å². The van der Waals surface area contributed by atoms with Gasteiger partial charge in [-0.05, 0) is 43.3 Å². The number of hydrogen-bond acceptors (Lipinski definition) is 5. The van der Waals surface area contributed by atoms with Crippen molar-refractivity contribution in [1.82, 2.24) is 15.0 Å². The number of aryl methyl sites for hydroxylation is 1. The van der Waals surface area contributed by atoms with E-state index in [2.05, 4.69) is 62.0 Å². The summed E-state index contributed by atoms with van der Waals surface area (Å²) in [4.78, 5) is 17.5. The van der Waals surface area contributed by atoms with Crippen molar-refractivity contribution < 1.29 is 4.74 Å². The van der Waals surface area contributed by atoms with Crippen LogP contribution in [0, 0.1) is 6.92 Å². The van der Waals surface area contributed by atoms with Crippen LogP contribution >= 0.6 is 0 Å². The third-order valence-corrected chi connectivity index (χ3v) is 5.53. The number of benzene rings is 2. The van der Waals surface area contributed by atoms with Crippen LogP contribution in [0.15, 0.2) is 48.8 Å². The quantitative estimate of drug-likeness (QED) is 0.593. The molecule has 1 aliphatic rings. The summed E-state index contributed by atoms with van der Waals surface area (Å²) in [5.74, 6) is 1.88. The monoisotopic (exact) mass is 373 g/mol. The fraction of sp³-hybridized carbons (Fsp3) is 0.273. The second-order valence-corrected chi connectivity index (χ2v) is 7.27. The molecule has 2 aromatic heterocycles. The molecule has 142 valence electrons. The number of ether oxygens (including phenoxy) is 1. The summed E-state index contributed by atoms with van der Waals surface area (Å²) >= 11 is 0. The van der Waals surface area contributed by atoms with E-state index < -0.39 is 0 Å². The van der Waals surface area contributed by atoms with Gasteiger partial charge in [0, 0.05) is 42.8 Å². The zero-order valence-corrected chi connectivity index (χ0v) is 16.1. The molecule has 0 bridgehead atoms. The Labute approximate surface area is 163 Å². The number of nitrogens with zero attached hydrogens (tertiary/aromatic N) is 4. The molecule has 4 aromatic rings. The molecule has 0 radical (unpaired) electrons. The van der Waals surface area contributed by atoms with Crippen LogP contribution in [0.1, 0.15) is 5.56 Å². The van der Waals surface area contributed by atoms with Gasteiger partial charge < -0.3 is 19.5 Å². The molecule has 0 saturated carbocycles. The van der Waals surface area contributed by atoms with Gasteiger partial charge in [-0.25, -0.2) is 9.97 Å². The average Bonchev–Trinajstić information content (AvgIpc) is 3.12. The highest BCUT2D eigenvalue weighted by atomic mass is 16.5. The number of aromatic amines is 1. The maximum absolute atomic E-state index is 5.26. The molecule has 1 aliphatic heterocycles. The number of hydrogen-bond donors (Lipinski definition) is 1. The van der Waals surface area contributed by atoms with E-state index in [1.54, 1.807) is 13.4 Å². The van der Waals surface area contributed by atoms with Crippen LogP contribution in [0.3, 0.4) is 0 Å². The molecule has 1 N–H and O–H groups in total. The van der Waals surface area contributed by atoms with Crippen molar-refractivity contribution in [1.29, 1.82) is 0 Å². The van der Waals surface area contributed by atoms with Crippen molar-refractivity contribution in [3.63, 3.8) is 0 Å². The maximum atomic E-state index is 5.26. The molecule has 3 heterocycles. The highest BCUT2D eigenvalue weighted by molar-refractivity contribution is 6.08. The van der Waals surface area contributed by atoms with Gasteiger partial charge in [-0.1, -0.05) is 11.6 Å². The van der Waals surface area contributed by atoms with E-state index in [1.165, 1.54) is 11.3 Å². The van der Waals surface area contributed by atoms with Gasteiger partial charge in [0.25, 0.3) is 0 Å². The number of aromatic nitrogens is 3. The summed E-state index contributed by atoms with van der Waals surface area (Å²) in [5.41, 5.74) is 5.61. The molecule has 0 spiro atoms. The van der Waals surface area contributed by atoms with E-state index in [9.17, 15) is 0 Å². The molecule has 5 rings (SSSR count). The summed E-state index contributed by atoms with van der Waals surface area (Å²) in [6.45, 7) is 5.87. The van der Waals surface area contributed by atoms with Gasteiger partial charge in [0.2, 0.25) is 0 Å². The van der Waals surface area contributed by atoms with E-state index in [0.717, 1.165) is 59.7 Å². The molecule has 1 fully saturated rings. The van der Waals surface area contributed by atoms with Crippen molar-refractivity contribution in [2.24, 2.45) is 0 Å². The third kappa shape index (κ3) is 2.81. The predicted molar refractivity (Wildman–Crippen MR) is 114 cm³/mol. The number of piperazine rings is 1. The van der Waals surface area contributed by atoms with Crippen molar-refractivity contribution in [3.05, 3.63) is 54.4 Å². The highest BCUT2D eigenvalue weighted by Crippen LogP contribution is 2.30. The Bertz CT molecular complexity index is 1130. The minimum atomic E-state index is 0.889. The number of methoxy groups -OCH3 is 1. The van der Waals surface area contributed by atoms with Gasteiger partial charge in [0.1, 0.15) is 23.1 Å². The number of H-pyrrole nitrogens is 1. The lowest BCUT2D eigenvalue weighted by Crippen LogP contribution is -2.46. The molecule has 6 heteroatoms. The normalized spacial score (nSPS) is 14.8. The molecule has 0 amide bonds. The van der Waals surface area contributed by atoms with Crippen LogP contribution in [0.4, 0.5) is 11.5 Å². The Hall–Kier alpha value is -3.28. The molecule has 1 saturated heterocycles. The lowest BCUT2D eigenvalue weighted by Gasteiger charge is -2.36. The molecule has 2 aromatic carbocycles. The smallest absolute Gasteiger partial charge is 0.156 e. The van der Waals surface area contributed by atoms with E-state index in [1.807, 2.05) is 12.1 Å². The van der Waals surface area contributed by atoms with E-state index in [-0.39, 0.29) is 0 Å². The van der Waals surface area contributed by atoms with Crippen LogP contribution in [0.25, 0.3) is 21.9 Å². The Morgan fingerprint density at radius 2 is 1.68 bits per heavy atom. The second kappa shape index (κ2) is 6.71. The summed E-state index contributed by atoms with van der Waals surface area (Å²) in [5, 5.41) is 1.16. The Kier molecular flexibility index (Phi) is 4.04. The minimum Gasteiger partial charge on any atom is -0.497 e. The van der Waals surface area contributed by atoms with Crippen LogP contribution < -0.4 is 14.5 Å². The zero-order valence-electron chi connectivity index (χ0n) is 16.1. The van der Waals surface area contributed by atoms with Crippen molar-refractivity contribution in [3.8, 4) is 5.75 Å². The first-order valence-electron chi connectivity index (χ1n) is 9.60. The molecule has 28 heavy (non-hydrogen) atoms. The number of rotatable bonds is 3. The molecule has 6 nitrogen and oxygen atoms in total. The topological polar surface area (TPSA) is 57.3 Å². The summed E-state index contributed by atoms with van der Waals surface area (Å²) < 4.78 is 5.26. The van der Waals surface area contributed by atoms with Gasteiger partial charge in [-0.3, -0.25) is 0 Å². The Balaban J connectivity index is 1.41. The maximum Gasteiger partial charge on any atom is 0.156 e. The average molecular weight is 373 g/mol. The fourth-order valence-corrected chi connectivity index (χ4v) is 4.00. The van der Waals surface area contributed by atoms with Gasteiger partial charge in [0.05, 0.1) is 7.11 Å². The van der Waals surface area contributed by atoms with Gasteiger partial charge >= 0.3 is 0 Å². The van der Waals surface area contributed by atoms with Gasteiger partial charge in [-0.15, -0.1) is 0 Å². The van der Waals surface area contributed by atoms with Crippen molar-refractivity contribution in [2.45, 2.75) is 6.92 Å². The lowest BCUT2D eigenvalue weighted by atomic mass is 10.1. The van der Waals surface area contributed by atoms with E-state index in [4.69, 9.17) is 4.74 Å². The minimum absolute atomic E-state index is 0.889. The SMILES string of the molecule is COc1ccc(N2CCN(c3ncnc4c3[nH]c3ccc(C)cc34)CC2)cc1. The first-order valence-corrected chi connectivity index (χ1v) is 9.60. The van der Waals surface area contributed by atoms with Crippen LogP contribution in [0.5, 0.6) is 5.75 Å². The Morgan fingerprint density at radius 1 is 0.929 bits per heavy atom. The zero-order chi connectivity index (χ0) is 19.1. The molecular weight excluding hydrogens is 350 g/mol. The standard InChI is InChI=1S/C22H23N5O/c1-15-3-8-19-18(13-15)20-21(25-19)22(24-14-23-20)27-11-9-26(10-12-27)16-4-6-17(28-2)7-5-16/h3-8,13-14,25H,9-12H2,1-2H3. The number of anilines is 2. The third-order valence-electron chi connectivity index (χ3n) is 5.53. The Morgan fingerprint density at radius 3 is 2.43 bits per heavy atom. The summed E-state index contributed by atoms with van der Waals surface area (Å²) in [7, 11) is 1.70. The van der Waals surface area contributed by atoms with Crippen LogP contribution in [-0.4, -0.2) is 48.2 Å². The molecule has 0 aliphatic carbocycles. The first kappa shape index (κ1) is 16.9. The van der Waals surface area contributed by atoms with E-state index >= 15 is 0 Å². The predicted octanol–water partition coefficient (Wildman–Crippen LogP) is 3.75. The largest absolute Gasteiger partial charge is 0.497 e. The first-order chi connectivity index (χ1) is 13.7. The molecular formula is C22H23N5O. The number of fused-ring (bicyclic) bond motifs is 3. The van der Waals surface area contributed by atoms with Crippen molar-refractivity contribution in [2.75, 3.05) is 43.1 Å². The summed E-state index contributed by atoms with van der Waals surface area (Å²) in [6, 6.07) is 14.7.